The summed E-state index contributed by atoms with van der Waals surface area (Å²) in [6.07, 6.45) is 3.50. The number of anilines is 1. The molecule has 0 unspecified atom stereocenters. The lowest BCUT2D eigenvalue weighted by Gasteiger charge is -2.11. The van der Waals surface area contributed by atoms with Gasteiger partial charge in [0.25, 0.3) is 5.91 Å². The molecular weight excluding hydrogens is 374 g/mol. The predicted molar refractivity (Wildman–Crippen MR) is 119 cm³/mol. The van der Waals surface area contributed by atoms with Crippen LogP contribution in [0.2, 0.25) is 0 Å². The zero-order valence-electron chi connectivity index (χ0n) is 17.0. The first-order valence-corrected chi connectivity index (χ1v) is 9.94. The largest absolute Gasteiger partial charge is 0.337 e. The SMILES string of the molecule is CC(=O)c1cc2cc(CCc3cc(NC(=O)c4ccccc4)ccc3C)cnc2[nH]1. The summed E-state index contributed by atoms with van der Waals surface area (Å²) in [5.74, 6) is -0.117. The number of aryl methyl sites for hydroxylation is 3. The molecule has 0 spiro atoms. The van der Waals surface area contributed by atoms with E-state index in [1.165, 1.54) is 18.1 Å². The highest BCUT2D eigenvalue weighted by molar-refractivity contribution is 6.04. The molecule has 0 aliphatic rings. The van der Waals surface area contributed by atoms with Crippen LogP contribution in [0.25, 0.3) is 11.0 Å². The molecule has 4 rings (SSSR count). The number of carbonyl (C=O) groups is 2. The van der Waals surface area contributed by atoms with Crippen molar-refractivity contribution in [2.75, 3.05) is 5.32 Å². The van der Waals surface area contributed by atoms with Crippen molar-refractivity contribution >= 4 is 28.4 Å². The molecule has 0 aliphatic carbocycles. The smallest absolute Gasteiger partial charge is 0.255 e. The van der Waals surface area contributed by atoms with E-state index in [1.54, 1.807) is 12.1 Å². The van der Waals surface area contributed by atoms with Gasteiger partial charge in [0.05, 0.1) is 5.69 Å². The molecule has 150 valence electrons. The Morgan fingerprint density at radius 1 is 1.00 bits per heavy atom. The van der Waals surface area contributed by atoms with Gasteiger partial charge in [-0.3, -0.25) is 9.59 Å². The maximum atomic E-state index is 12.4. The number of fused-ring (bicyclic) bond motifs is 1. The Morgan fingerprint density at radius 2 is 1.80 bits per heavy atom. The number of nitrogens with zero attached hydrogens (tertiary/aromatic N) is 1. The molecule has 0 fully saturated rings. The van der Waals surface area contributed by atoms with Crippen LogP contribution in [-0.2, 0) is 12.8 Å². The fourth-order valence-corrected chi connectivity index (χ4v) is 3.48. The molecule has 0 bridgehead atoms. The van der Waals surface area contributed by atoms with E-state index in [9.17, 15) is 9.59 Å². The minimum atomic E-state index is -0.117. The van der Waals surface area contributed by atoms with Gasteiger partial charge in [0.2, 0.25) is 0 Å². The standard InChI is InChI=1S/C25H23N3O2/c1-16-8-11-22(27-25(30)19-6-4-3-5-7-19)13-20(16)10-9-18-12-21-14-23(17(2)29)28-24(21)26-15-18/h3-8,11-15H,9-10H2,1-2H3,(H,26,28)(H,27,30). The number of H-pyrrole nitrogens is 1. The Labute approximate surface area is 175 Å². The van der Waals surface area contributed by atoms with Gasteiger partial charge in [0, 0.05) is 29.8 Å². The number of aromatic amines is 1. The maximum absolute atomic E-state index is 12.4. The third-order valence-corrected chi connectivity index (χ3v) is 5.23. The van der Waals surface area contributed by atoms with Gasteiger partial charge in [0.1, 0.15) is 5.65 Å². The van der Waals surface area contributed by atoms with Crippen LogP contribution in [-0.4, -0.2) is 21.7 Å². The molecule has 0 atom stereocenters. The van der Waals surface area contributed by atoms with Crippen molar-refractivity contribution < 1.29 is 9.59 Å². The minimum Gasteiger partial charge on any atom is -0.337 e. The lowest BCUT2D eigenvalue weighted by Crippen LogP contribution is -2.12. The Balaban J connectivity index is 1.48. The quantitative estimate of drug-likeness (QED) is 0.444. The summed E-state index contributed by atoms with van der Waals surface area (Å²) in [6, 6.07) is 19.1. The van der Waals surface area contributed by atoms with Gasteiger partial charge >= 0.3 is 0 Å². The van der Waals surface area contributed by atoms with Gasteiger partial charge in [0.15, 0.2) is 5.78 Å². The molecule has 4 aromatic rings. The third kappa shape index (κ3) is 4.30. The fourth-order valence-electron chi connectivity index (χ4n) is 3.48. The fraction of sp³-hybridized carbons (Fsp3) is 0.160. The molecule has 0 aliphatic heterocycles. The van der Waals surface area contributed by atoms with Crippen LogP contribution in [0.3, 0.4) is 0 Å². The molecule has 5 nitrogen and oxygen atoms in total. The lowest BCUT2D eigenvalue weighted by molar-refractivity contribution is 0.101. The normalized spacial score (nSPS) is 10.9. The Bertz CT molecular complexity index is 1230. The average Bonchev–Trinajstić information content (AvgIpc) is 3.18. The first kappa shape index (κ1) is 19.6. The van der Waals surface area contributed by atoms with Crippen LogP contribution >= 0.6 is 0 Å². The second-order valence-electron chi connectivity index (χ2n) is 7.48. The molecule has 5 heteroatoms. The molecule has 0 saturated carbocycles. The van der Waals surface area contributed by atoms with E-state index < -0.39 is 0 Å². The summed E-state index contributed by atoms with van der Waals surface area (Å²) in [7, 11) is 0. The van der Waals surface area contributed by atoms with Gasteiger partial charge in [-0.25, -0.2) is 4.98 Å². The van der Waals surface area contributed by atoms with Crippen LogP contribution in [0.1, 0.15) is 44.5 Å². The molecular formula is C25H23N3O2. The summed E-state index contributed by atoms with van der Waals surface area (Å²) in [4.78, 5) is 31.5. The number of rotatable bonds is 6. The zero-order valence-corrected chi connectivity index (χ0v) is 17.0. The van der Waals surface area contributed by atoms with E-state index in [4.69, 9.17) is 0 Å². The van der Waals surface area contributed by atoms with Crippen molar-refractivity contribution in [2.45, 2.75) is 26.7 Å². The topological polar surface area (TPSA) is 74.8 Å². The van der Waals surface area contributed by atoms with Gasteiger partial charge in [-0.15, -0.1) is 0 Å². The van der Waals surface area contributed by atoms with Crippen molar-refractivity contribution in [3.63, 3.8) is 0 Å². The summed E-state index contributed by atoms with van der Waals surface area (Å²) < 4.78 is 0. The summed E-state index contributed by atoms with van der Waals surface area (Å²) in [5, 5.41) is 3.92. The van der Waals surface area contributed by atoms with Crippen LogP contribution in [0.5, 0.6) is 0 Å². The second-order valence-corrected chi connectivity index (χ2v) is 7.48. The van der Waals surface area contributed by atoms with Crippen molar-refractivity contribution in [1.29, 1.82) is 0 Å². The summed E-state index contributed by atoms with van der Waals surface area (Å²) in [5.41, 5.74) is 6.19. The number of Topliss-reactive ketones (excluding diaryl/α,β-unsaturated/α-hetero) is 1. The number of carbonyl (C=O) groups excluding carboxylic acids is 2. The summed E-state index contributed by atoms with van der Waals surface area (Å²) in [6.45, 7) is 3.61. The number of aromatic nitrogens is 2. The lowest BCUT2D eigenvalue weighted by atomic mass is 10.00. The highest BCUT2D eigenvalue weighted by Crippen LogP contribution is 2.20. The molecule has 2 aromatic heterocycles. The monoisotopic (exact) mass is 397 g/mol. The Hall–Kier alpha value is -3.73. The molecule has 30 heavy (non-hydrogen) atoms. The second kappa shape index (κ2) is 8.33. The van der Waals surface area contributed by atoms with Gasteiger partial charge < -0.3 is 10.3 Å². The van der Waals surface area contributed by atoms with Crippen LogP contribution in [0, 0.1) is 6.92 Å². The van der Waals surface area contributed by atoms with E-state index >= 15 is 0 Å². The van der Waals surface area contributed by atoms with Crippen LogP contribution in [0.15, 0.2) is 66.9 Å². The average molecular weight is 397 g/mol. The van der Waals surface area contributed by atoms with Crippen LogP contribution in [0.4, 0.5) is 5.69 Å². The number of amides is 1. The van der Waals surface area contributed by atoms with Gasteiger partial charge in [-0.1, -0.05) is 24.3 Å². The summed E-state index contributed by atoms with van der Waals surface area (Å²) >= 11 is 0. The van der Waals surface area contributed by atoms with Gasteiger partial charge in [-0.05, 0) is 72.9 Å². The maximum Gasteiger partial charge on any atom is 0.255 e. The van der Waals surface area contributed by atoms with E-state index in [-0.39, 0.29) is 11.7 Å². The molecule has 2 N–H and O–H groups in total. The van der Waals surface area contributed by atoms with E-state index in [1.807, 2.05) is 48.7 Å². The zero-order chi connectivity index (χ0) is 21.1. The number of benzene rings is 2. The van der Waals surface area contributed by atoms with E-state index in [2.05, 4.69) is 28.3 Å². The molecule has 2 heterocycles. The first-order chi connectivity index (χ1) is 14.5. The molecule has 1 amide bonds. The van der Waals surface area contributed by atoms with Crippen molar-refractivity contribution in [1.82, 2.24) is 9.97 Å². The minimum absolute atomic E-state index is 0.000426. The molecule has 0 radical (unpaired) electrons. The highest BCUT2D eigenvalue weighted by atomic mass is 16.1. The third-order valence-electron chi connectivity index (χ3n) is 5.23. The molecule has 2 aromatic carbocycles. The van der Waals surface area contributed by atoms with Crippen molar-refractivity contribution in [2.24, 2.45) is 0 Å². The molecule has 0 saturated heterocycles. The predicted octanol–water partition coefficient (Wildman–Crippen LogP) is 5.11. The number of hydrogen-bond acceptors (Lipinski definition) is 3. The van der Waals surface area contributed by atoms with E-state index in [0.29, 0.717) is 11.3 Å². The Morgan fingerprint density at radius 3 is 2.57 bits per heavy atom. The number of hydrogen-bond donors (Lipinski definition) is 2. The van der Waals surface area contributed by atoms with Crippen molar-refractivity contribution in [3.05, 3.63) is 94.8 Å². The Kier molecular flexibility index (Phi) is 5.44. The van der Waals surface area contributed by atoms with Crippen LogP contribution < -0.4 is 5.32 Å². The first-order valence-electron chi connectivity index (χ1n) is 9.94. The number of nitrogens with one attached hydrogen (secondary N) is 2. The highest BCUT2D eigenvalue weighted by Gasteiger charge is 2.09. The van der Waals surface area contributed by atoms with Gasteiger partial charge in [-0.2, -0.15) is 0 Å². The number of ketones is 1. The van der Waals surface area contributed by atoms with E-state index in [0.717, 1.165) is 35.1 Å². The number of pyridine rings is 1. The van der Waals surface area contributed by atoms with Crippen molar-refractivity contribution in [3.8, 4) is 0 Å².